The zero-order valence-electron chi connectivity index (χ0n) is 10.1. The van der Waals surface area contributed by atoms with Gasteiger partial charge in [-0.3, -0.25) is 10.1 Å². The van der Waals surface area contributed by atoms with Crippen molar-refractivity contribution in [3.05, 3.63) is 22.2 Å². The van der Waals surface area contributed by atoms with E-state index >= 15 is 0 Å². The van der Waals surface area contributed by atoms with E-state index in [0.717, 1.165) is 6.07 Å². The van der Waals surface area contributed by atoms with Crippen molar-refractivity contribution in [2.45, 2.75) is 18.5 Å². The highest BCUT2D eigenvalue weighted by Crippen LogP contribution is 2.38. The lowest BCUT2D eigenvalue weighted by Gasteiger charge is -2.23. The van der Waals surface area contributed by atoms with Crippen molar-refractivity contribution in [2.75, 3.05) is 12.4 Å². The van der Waals surface area contributed by atoms with Crippen LogP contribution >= 0.6 is 0 Å². The first-order valence-electron chi connectivity index (χ1n) is 5.10. The highest BCUT2D eigenvalue weighted by Gasteiger charge is 2.59. The second kappa shape index (κ2) is 5.61. The molecule has 1 rings (SSSR count). The molecule has 1 N–H and O–H groups in total. The second-order valence-corrected chi connectivity index (χ2v) is 3.61. The van der Waals surface area contributed by atoms with Gasteiger partial charge in [0.2, 0.25) is 0 Å². The lowest BCUT2D eigenvalue weighted by molar-refractivity contribution is -0.387. The molecule has 0 aliphatic heterocycles. The summed E-state index contributed by atoms with van der Waals surface area (Å²) in [4.78, 5) is 12.6. The third-order valence-electron chi connectivity index (χ3n) is 2.12. The molecule has 21 heavy (non-hydrogen) atoms. The van der Waals surface area contributed by atoms with Crippen LogP contribution in [-0.2, 0) is 0 Å². The van der Waals surface area contributed by atoms with E-state index in [2.05, 4.69) is 15.0 Å². The molecule has 6 nitrogen and oxygen atoms in total. The van der Waals surface area contributed by atoms with Gasteiger partial charge in [-0.1, -0.05) is 0 Å². The average Bonchev–Trinajstić information content (AvgIpc) is 2.32. The highest BCUT2D eigenvalue weighted by molar-refractivity contribution is 5.48. The van der Waals surface area contributed by atoms with Crippen LogP contribution < -0.4 is 10.1 Å². The summed E-state index contributed by atoms with van der Waals surface area (Å²) >= 11 is 0. The molecule has 0 fully saturated rings. The van der Waals surface area contributed by atoms with Gasteiger partial charge in [0.05, 0.1) is 4.92 Å². The van der Waals surface area contributed by atoms with Crippen LogP contribution in [0.25, 0.3) is 0 Å². The zero-order chi connectivity index (χ0) is 16.4. The Labute approximate surface area is 112 Å². The van der Waals surface area contributed by atoms with Crippen LogP contribution in [-0.4, -0.2) is 35.4 Å². The Balaban J connectivity index is 3.28. The zero-order valence-corrected chi connectivity index (χ0v) is 10.1. The number of nitro groups is 1. The number of pyridine rings is 1. The van der Waals surface area contributed by atoms with E-state index < -0.39 is 34.9 Å². The number of ether oxygens (including phenoxy) is 1. The van der Waals surface area contributed by atoms with Crippen LogP contribution in [0.1, 0.15) is 0 Å². The summed E-state index contributed by atoms with van der Waals surface area (Å²) in [6.07, 6.45) is -15.8. The van der Waals surface area contributed by atoms with E-state index in [1.54, 1.807) is 0 Å². The van der Waals surface area contributed by atoms with Gasteiger partial charge in [-0.25, -0.2) is 0 Å². The minimum Gasteiger partial charge on any atom is -0.450 e. The molecule has 0 unspecified atom stereocenters. The third kappa shape index (κ3) is 4.10. The van der Waals surface area contributed by atoms with Gasteiger partial charge in [-0.2, -0.15) is 31.3 Å². The molecule has 1 heterocycles. The fourth-order valence-electron chi connectivity index (χ4n) is 1.23. The predicted octanol–water partition coefficient (Wildman–Crippen LogP) is 2.90. The smallest absolute Gasteiger partial charge is 0.434 e. The maximum atomic E-state index is 12.4. The van der Waals surface area contributed by atoms with Crippen LogP contribution in [0.5, 0.6) is 5.88 Å². The molecule has 0 saturated heterocycles. The van der Waals surface area contributed by atoms with Gasteiger partial charge in [0.15, 0.2) is 0 Å². The molecular formula is C9H7F6N3O3. The Morgan fingerprint density at radius 1 is 1.24 bits per heavy atom. The van der Waals surface area contributed by atoms with Crippen molar-refractivity contribution in [2.24, 2.45) is 0 Å². The number of halogens is 6. The molecule has 0 aliphatic rings. The second-order valence-electron chi connectivity index (χ2n) is 3.61. The Bertz CT molecular complexity index is 516. The molecule has 1 aromatic heterocycles. The first-order chi connectivity index (χ1) is 9.46. The number of nitrogens with one attached hydrogen (secondary N) is 1. The molecule has 0 saturated carbocycles. The Morgan fingerprint density at radius 2 is 1.76 bits per heavy atom. The number of aromatic nitrogens is 1. The van der Waals surface area contributed by atoms with E-state index in [1.807, 2.05) is 0 Å². The van der Waals surface area contributed by atoms with Crippen molar-refractivity contribution >= 4 is 11.5 Å². The summed E-state index contributed by atoms with van der Waals surface area (Å²) < 4.78 is 77.9. The van der Waals surface area contributed by atoms with E-state index in [1.165, 1.54) is 7.05 Å². The van der Waals surface area contributed by atoms with Crippen LogP contribution in [0.2, 0.25) is 0 Å². The largest absolute Gasteiger partial charge is 0.450 e. The number of nitrogens with zero attached hydrogens (tertiary/aromatic N) is 2. The van der Waals surface area contributed by atoms with Crippen LogP contribution in [0, 0.1) is 10.1 Å². The topological polar surface area (TPSA) is 77.3 Å². The van der Waals surface area contributed by atoms with Crippen LogP contribution in [0.15, 0.2) is 12.1 Å². The molecule has 0 spiro atoms. The minimum atomic E-state index is -5.80. The molecule has 0 amide bonds. The lowest BCUT2D eigenvalue weighted by atomic mass is 10.3. The number of anilines is 1. The maximum absolute atomic E-state index is 12.4. The summed E-state index contributed by atoms with van der Waals surface area (Å²) in [6, 6.07) is 1.68. The van der Waals surface area contributed by atoms with Crippen molar-refractivity contribution < 1.29 is 36.0 Å². The van der Waals surface area contributed by atoms with Crippen LogP contribution in [0.3, 0.4) is 0 Å². The van der Waals surface area contributed by atoms with Gasteiger partial charge in [0, 0.05) is 13.1 Å². The van der Waals surface area contributed by atoms with E-state index in [-0.39, 0.29) is 5.82 Å². The molecule has 0 aliphatic carbocycles. The Morgan fingerprint density at radius 3 is 2.14 bits per heavy atom. The fraction of sp³-hybridized carbons (Fsp3) is 0.444. The summed E-state index contributed by atoms with van der Waals surface area (Å²) in [5, 5.41) is 12.9. The molecule has 0 radical (unpaired) electrons. The molecule has 0 bridgehead atoms. The number of hydrogen-bond donors (Lipinski definition) is 1. The predicted molar refractivity (Wildman–Crippen MR) is 57.0 cm³/mol. The van der Waals surface area contributed by atoms with Crippen LogP contribution in [0.4, 0.5) is 37.8 Å². The first-order valence-corrected chi connectivity index (χ1v) is 5.10. The molecule has 118 valence electrons. The average molecular weight is 319 g/mol. The van der Waals surface area contributed by atoms with Gasteiger partial charge >= 0.3 is 18.0 Å². The third-order valence-corrected chi connectivity index (χ3v) is 2.12. The number of rotatable bonds is 4. The Kier molecular flexibility index (Phi) is 4.49. The van der Waals surface area contributed by atoms with E-state index in [9.17, 15) is 36.5 Å². The highest BCUT2D eigenvalue weighted by atomic mass is 19.4. The monoisotopic (exact) mass is 319 g/mol. The summed E-state index contributed by atoms with van der Waals surface area (Å²) in [7, 11) is 1.27. The number of hydrogen-bond acceptors (Lipinski definition) is 5. The van der Waals surface area contributed by atoms with Gasteiger partial charge in [-0.05, 0) is 6.07 Å². The van der Waals surface area contributed by atoms with Gasteiger partial charge < -0.3 is 10.1 Å². The molecular weight excluding hydrogens is 312 g/mol. The molecule has 1 aromatic rings. The summed E-state index contributed by atoms with van der Waals surface area (Å²) in [5.74, 6) is -1.58. The quantitative estimate of drug-likeness (QED) is 0.524. The van der Waals surface area contributed by atoms with Crippen molar-refractivity contribution in [3.8, 4) is 5.88 Å². The molecule has 0 atom stereocenters. The summed E-state index contributed by atoms with van der Waals surface area (Å²) in [6.45, 7) is 0. The SMILES string of the molecule is CNc1ccc([N+](=O)[O-])c(OC(C(F)(F)F)C(F)(F)F)n1. The van der Waals surface area contributed by atoms with Gasteiger partial charge in [-0.15, -0.1) is 0 Å². The standard InChI is InChI=1S/C9H7F6N3O3/c1-16-5-3-2-4(18(19)20)6(17-5)21-7(8(10,11)12)9(13,14)15/h2-3,7H,1H3,(H,16,17). The van der Waals surface area contributed by atoms with Crippen molar-refractivity contribution in [1.29, 1.82) is 0 Å². The maximum Gasteiger partial charge on any atom is 0.434 e. The Hall–Kier alpha value is -2.27. The number of alkyl halides is 6. The van der Waals surface area contributed by atoms with E-state index in [4.69, 9.17) is 0 Å². The first kappa shape index (κ1) is 16.8. The molecule has 12 heteroatoms. The summed E-state index contributed by atoms with van der Waals surface area (Å²) in [5.41, 5.74) is -1.12. The van der Waals surface area contributed by atoms with Crippen molar-refractivity contribution in [1.82, 2.24) is 4.98 Å². The van der Waals surface area contributed by atoms with Gasteiger partial charge in [0.25, 0.3) is 12.0 Å². The van der Waals surface area contributed by atoms with E-state index in [0.29, 0.717) is 6.07 Å². The normalized spacial score (nSPS) is 12.4. The minimum absolute atomic E-state index is 0.196. The fourth-order valence-corrected chi connectivity index (χ4v) is 1.23. The van der Waals surface area contributed by atoms with Gasteiger partial charge in [0.1, 0.15) is 5.82 Å². The van der Waals surface area contributed by atoms with Crippen molar-refractivity contribution in [3.63, 3.8) is 0 Å². The lowest BCUT2D eigenvalue weighted by Crippen LogP contribution is -2.46. The molecule has 0 aromatic carbocycles.